The van der Waals surface area contributed by atoms with E-state index in [1.54, 1.807) is 18.3 Å². The molecular formula is C26H24FN3O. The molecule has 0 aliphatic carbocycles. The van der Waals surface area contributed by atoms with E-state index in [1.165, 1.54) is 17.7 Å². The second-order valence-electron chi connectivity index (χ2n) is 7.50. The van der Waals surface area contributed by atoms with Crippen molar-refractivity contribution in [3.05, 3.63) is 107 Å². The highest BCUT2D eigenvalue weighted by Crippen LogP contribution is 2.21. The molecule has 1 aromatic heterocycles. The van der Waals surface area contributed by atoms with Crippen LogP contribution in [0.15, 0.2) is 84.1 Å². The zero-order valence-corrected chi connectivity index (χ0v) is 17.4. The summed E-state index contributed by atoms with van der Waals surface area (Å²) >= 11 is 0. The number of halogens is 1. The molecule has 1 N–H and O–H groups in total. The number of rotatable bonds is 7. The van der Waals surface area contributed by atoms with E-state index in [4.69, 9.17) is 0 Å². The number of nitrogens with zero attached hydrogens (tertiary/aromatic N) is 2. The predicted octanol–water partition coefficient (Wildman–Crippen LogP) is 5.08. The Balaban J connectivity index is 1.46. The molecule has 3 aromatic carbocycles. The number of amides is 1. The van der Waals surface area contributed by atoms with Gasteiger partial charge >= 0.3 is 0 Å². The summed E-state index contributed by atoms with van der Waals surface area (Å²) in [6.45, 7) is 2.72. The summed E-state index contributed by atoms with van der Waals surface area (Å²) in [6.07, 6.45) is 4.92. The zero-order chi connectivity index (χ0) is 21.6. The van der Waals surface area contributed by atoms with Crippen LogP contribution < -0.4 is 5.43 Å². The smallest absolute Gasteiger partial charge is 0.244 e. The van der Waals surface area contributed by atoms with Crippen LogP contribution in [0.3, 0.4) is 0 Å². The first-order chi connectivity index (χ1) is 15.1. The number of aromatic nitrogens is 1. The van der Waals surface area contributed by atoms with E-state index in [0.717, 1.165) is 34.0 Å². The maximum absolute atomic E-state index is 13.2. The summed E-state index contributed by atoms with van der Waals surface area (Å²) in [7, 11) is 0. The Bertz CT molecular complexity index is 1210. The van der Waals surface area contributed by atoms with Crippen molar-refractivity contribution in [2.75, 3.05) is 0 Å². The fraction of sp³-hybridized carbons (Fsp3) is 0.154. The van der Waals surface area contributed by atoms with Crippen molar-refractivity contribution >= 4 is 23.0 Å². The van der Waals surface area contributed by atoms with Gasteiger partial charge in [-0.05, 0) is 41.3 Å². The Morgan fingerprint density at radius 1 is 0.968 bits per heavy atom. The van der Waals surface area contributed by atoms with E-state index in [9.17, 15) is 9.18 Å². The third kappa shape index (κ3) is 5.07. The average Bonchev–Trinajstić information content (AvgIpc) is 3.13. The number of aryl methyl sites for hydroxylation is 1. The first-order valence-electron chi connectivity index (χ1n) is 10.3. The van der Waals surface area contributed by atoms with E-state index in [0.29, 0.717) is 6.54 Å². The highest BCUT2D eigenvalue weighted by Gasteiger charge is 2.08. The molecule has 0 saturated carbocycles. The first kappa shape index (κ1) is 20.5. The molecule has 0 atom stereocenters. The lowest BCUT2D eigenvalue weighted by atomic mass is 10.1. The number of hydrogen-bond donors (Lipinski definition) is 1. The lowest BCUT2D eigenvalue weighted by Crippen LogP contribution is -2.19. The molecule has 0 aliphatic heterocycles. The van der Waals surface area contributed by atoms with Crippen LogP contribution in [-0.2, 0) is 24.2 Å². The van der Waals surface area contributed by atoms with Crippen molar-refractivity contribution in [3.63, 3.8) is 0 Å². The molecule has 0 aliphatic rings. The van der Waals surface area contributed by atoms with E-state index < -0.39 is 0 Å². The van der Waals surface area contributed by atoms with Crippen LogP contribution in [0.25, 0.3) is 10.9 Å². The summed E-state index contributed by atoms with van der Waals surface area (Å²) in [5, 5.41) is 5.21. The Morgan fingerprint density at radius 2 is 1.65 bits per heavy atom. The average molecular weight is 413 g/mol. The summed E-state index contributed by atoms with van der Waals surface area (Å²) in [5.74, 6) is -0.401. The maximum Gasteiger partial charge on any atom is 0.244 e. The third-order valence-corrected chi connectivity index (χ3v) is 5.27. The Kier molecular flexibility index (Phi) is 6.22. The highest BCUT2D eigenvalue weighted by molar-refractivity contribution is 5.99. The van der Waals surface area contributed by atoms with Gasteiger partial charge in [-0.3, -0.25) is 4.79 Å². The number of carbonyl (C=O) groups excluding carboxylic acids is 1. The Morgan fingerprint density at radius 3 is 2.39 bits per heavy atom. The van der Waals surface area contributed by atoms with Crippen LogP contribution in [0.1, 0.15) is 29.2 Å². The molecular weight excluding hydrogens is 389 g/mol. The second kappa shape index (κ2) is 9.39. The molecule has 0 fully saturated rings. The van der Waals surface area contributed by atoms with Gasteiger partial charge < -0.3 is 4.57 Å². The number of benzene rings is 3. The van der Waals surface area contributed by atoms with E-state index >= 15 is 0 Å². The van der Waals surface area contributed by atoms with Crippen LogP contribution in [0.5, 0.6) is 0 Å². The van der Waals surface area contributed by atoms with Gasteiger partial charge in [-0.1, -0.05) is 61.5 Å². The summed E-state index contributed by atoms with van der Waals surface area (Å²) in [4.78, 5) is 12.2. The van der Waals surface area contributed by atoms with Crippen molar-refractivity contribution in [2.45, 2.75) is 26.3 Å². The van der Waals surface area contributed by atoms with E-state index in [2.05, 4.69) is 22.0 Å². The summed E-state index contributed by atoms with van der Waals surface area (Å²) < 4.78 is 15.3. The maximum atomic E-state index is 13.2. The summed E-state index contributed by atoms with van der Waals surface area (Å²) in [6, 6.07) is 22.6. The van der Waals surface area contributed by atoms with Gasteiger partial charge in [-0.2, -0.15) is 5.10 Å². The van der Waals surface area contributed by atoms with Gasteiger partial charge in [0.2, 0.25) is 5.91 Å². The number of nitrogens with one attached hydrogen (secondary N) is 1. The minimum Gasteiger partial charge on any atom is -0.342 e. The molecule has 0 radical (unpaired) electrons. The van der Waals surface area contributed by atoms with Crippen molar-refractivity contribution in [2.24, 2.45) is 5.10 Å². The predicted molar refractivity (Wildman–Crippen MR) is 123 cm³/mol. The minimum absolute atomic E-state index is 0.157. The van der Waals surface area contributed by atoms with Gasteiger partial charge in [0, 0.05) is 29.2 Å². The normalized spacial score (nSPS) is 11.3. The third-order valence-electron chi connectivity index (χ3n) is 5.27. The molecule has 1 amide bonds. The number of carbonyl (C=O) groups is 1. The lowest BCUT2D eigenvalue weighted by molar-refractivity contribution is -0.120. The Labute approximate surface area is 181 Å². The van der Waals surface area contributed by atoms with Crippen LogP contribution in [0.4, 0.5) is 4.39 Å². The van der Waals surface area contributed by atoms with E-state index in [1.807, 2.05) is 54.7 Å². The van der Waals surface area contributed by atoms with Gasteiger partial charge in [0.15, 0.2) is 0 Å². The van der Waals surface area contributed by atoms with Crippen molar-refractivity contribution in [3.8, 4) is 0 Å². The Hall–Kier alpha value is -3.73. The molecule has 156 valence electrons. The van der Waals surface area contributed by atoms with Gasteiger partial charge in [0.05, 0.1) is 12.6 Å². The standard InChI is InChI=1S/C26H24FN3O/c1-2-19-7-9-20(10-8-19)15-26(31)29-28-16-22-18-30(25-6-4-3-5-24(22)25)17-21-11-13-23(27)14-12-21/h3-14,16,18H,2,15,17H2,1H3,(H,29,31)/b28-16-. The number of hydrazone groups is 1. The highest BCUT2D eigenvalue weighted by atomic mass is 19.1. The molecule has 4 nitrogen and oxygen atoms in total. The van der Waals surface area contributed by atoms with Gasteiger partial charge in [0.25, 0.3) is 0 Å². The zero-order valence-electron chi connectivity index (χ0n) is 17.4. The van der Waals surface area contributed by atoms with Gasteiger partial charge in [-0.15, -0.1) is 0 Å². The quantitative estimate of drug-likeness (QED) is 0.333. The fourth-order valence-electron chi connectivity index (χ4n) is 3.59. The van der Waals surface area contributed by atoms with Crippen molar-refractivity contribution < 1.29 is 9.18 Å². The molecule has 5 heteroatoms. The molecule has 0 bridgehead atoms. The topological polar surface area (TPSA) is 46.4 Å². The monoisotopic (exact) mass is 413 g/mol. The number of para-hydroxylation sites is 1. The molecule has 31 heavy (non-hydrogen) atoms. The summed E-state index contributed by atoms with van der Waals surface area (Å²) in [5.41, 5.74) is 7.79. The van der Waals surface area contributed by atoms with Crippen molar-refractivity contribution in [1.29, 1.82) is 0 Å². The van der Waals surface area contributed by atoms with Crippen LogP contribution in [0.2, 0.25) is 0 Å². The molecule has 1 heterocycles. The molecule has 4 aromatic rings. The number of hydrogen-bond acceptors (Lipinski definition) is 2. The largest absolute Gasteiger partial charge is 0.342 e. The van der Waals surface area contributed by atoms with Gasteiger partial charge in [0.1, 0.15) is 5.82 Å². The van der Waals surface area contributed by atoms with Crippen LogP contribution >= 0.6 is 0 Å². The van der Waals surface area contributed by atoms with Gasteiger partial charge in [-0.25, -0.2) is 9.82 Å². The molecule has 0 spiro atoms. The first-order valence-corrected chi connectivity index (χ1v) is 10.3. The minimum atomic E-state index is -0.244. The van der Waals surface area contributed by atoms with Crippen molar-refractivity contribution in [1.82, 2.24) is 9.99 Å². The SMILES string of the molecule is CCc1ccc(CC(=O)N/N=C\c2cn(Cc3ccc(F)cc3)c3ccccc23)cc1. The molecule has 4 rings (SSSR count). The fourth-order valence-corrected chi connectivity index (χ4v) is 3.59. The van der Waals surface area contributed by atoms with E-state index in [-0.39, 0.29) is 18.1 Å². The second-order valence-corrected chi connectivity index (χ2v) is 7.50. The lowest BCUT2D eigenvalue weighted by Gasteiger charge is -2.05. The van der Waals surface area contributed by atoms with Crippen LogP contribution in [0, 0.1) is 5.82 Å². The molecule has 0 unspecified atom stereocenters. The molecule has 0 saturated heterocycles. The van der Waals surface area contributed by atoms with Crippen LogP contribution in [-0.4, -0.2) is 16.7 Å². The number of fused-ring (bicyclic) bond motifs is 1.